The van der Waals surface area contributed by atoms with E-state index in [1.807, 2.05) is 63.5 Å². The van der Waals surface area contributed by atoms with Gasteiger partial charge >= 0.3 is 0 Å². The number of fused-ring (bicyclic) bond motifs is 7. The lowest BCUT2D eigenvalue weighted by Gasteiger charge is -2.56. The molecule has 12 aliphatic carbocycles. The van der Waals surface area contributed by atoms with Crippen molar-refractivity contribution in [2.24, 2.45) is 80.8 Å². The Morgan fingerprint density at radius 2 is 0.928 bits per heavy atom. The molecular weight excluding hydrogens is 1710 g/mol. The second-order valence-corrected chi connectivity index (χ2v) is 48.0. The predicted octanol–water partition coefficient (Wildman–Crippen LogP) is 20.4. The van der Waals surface area contributed by atoms with Gasteiger partial charge in [0.2, 0.25) is 0 Å². The van der Waals surface area contributed by atoms with Gasteiger partial charge in [-0.3, -0.25) is 24.7 Å². The number of nitrogens with one attached hydrogen (secondary N) is 4. The molecule has 7 saturated carbocycles. The number of aryl methyl sites for hydroxylation is 1. The zero-order valence-corrected chi connectivity index (χ0v) is 83.0. The highest BCUT2D eigenvalue weighted by atomic mass is 16.5. The number of benzene rings is 3. The van der Waals surface area contributed by atoms with Crippen LogP contribution in [0.15, 0.2) is 240 Å². The summed E-state index contributed by atoms with van der Waals surface area (Å²) in [5.74, 6) is 5.44. The number of allylic oxidation sites excluding steroid dienone is 5. The Labute approximate surface area is 816 Å². The van der Waals surface area contributed by atoms with Gasteiger partial charge < -0.3 is 60.6 Å². The monoisotopic (exact) mass is 1860 g/mol. The standard InChI is InChI=1S/C31H42N2O.C30H34N2O4.C30H36N2O3.C30H34N2O/c1-21(5-7-24-12-16-33-19-22(24)2)27-9-10-28-29(27,3)13-11-26-17-25-8-6-23(20-32-4)18-30(25)14-15-31(26,28)34-30;1-28-7-5-21-12-22-27(35)26(34)20(15-31-2)14-29(22)8-9-30(21,36-29)24(28)13-23(33)25(28)18-4-3-17-6-10-32-16-19(17)11-18;1-28-9-7-22-14-24-27(34)26(33)21(16-31-2)15-29(24)10-11-30(22,35-29)25(28)6-5-23(28)19-4-3-18-8-12-32-17-20(18)13-19;1-28-11-9-25-16-24-6-3-20(18-31-2)17-29(24)12-13-30(25,33-29)27(28)8-7-26(28)22-5-4-21-10-14-32-19-23(21)15-22/h5,7-8,12,16-17,19,21,23,27-28,32H,6,9-11,13-15,18,20H2,1-4H3;3-6,10-12,16,20,24-27,31,34-35H,7-9,13-15H2,1-2H3;3-4,7-8,12-14,17,21,23,25-27,31,33-34H,5-6,9-11,15-16H2,1-2H3;3-6,9-10,14-16,19-20,26-27,31H,7-8,11-13,17-18H2,1-2H3/b7-5+;;;/t21?,23-,27-,28-,29-,30-,31-;20-,24-,25+,26-,27-,28+,29-,30-;21-,23-,25-,26-,27-,28-,29-,30-;20-,26-,27-,28-,29-,30-/m1111/s1. The minimum atomic E-state index is -0.924. The number of ketones is 1. The van der Waals surface area contributed by atoms with Gasteiger partial charge in [-0.1, -0.05) is 144 Å². The van der Waals surface area contributed by atoms with E-state index in [1.165, 1.54) is 150 Å². The molecule has 0 amide bonds. The van der Waals surface area contributed by atoms with E-state index in [0.29, 0.717) is 84.5 Å². The van der Waals surface area contributed by atoms with Gasteiger partial charge in [0.15, 0.2) is 0 Å². The Hall–Kier alpha value is -8.37. The fourth-order valence-electron chi connectivity index (χ4n) is 34.9. The summed E-state index contributed by atoms with van der Waals surface area (Å²) in [6.45, 7) is 18.0. The Kier molecular flexibility index (Phi) is 22.6. The lowest BCUT2D eigenvalue weighted by Crippen LogP contribution is -2.59. The van der Waals surface area contributed by atoms with Crippen LogP contribution in [-0.2, 0) is 23.7 Å². The number of carbonyl (C=O) groups is 1. The summed E-state index contributed by atoms with van der Waals surface area (Å²) in [6, 6.07) is 28.7. The number of pyridine rings is 4. The second kappa shape index (κ2) is 33.9. The molecule has 3 aromatic carbocycles. The number of aliphatic hydroxyl groups excluding tert-OH is 4. The first-order valence-corrected chi connectivity index (χ1v) is 53.3. The number of hydrogen-bond donors (Lipinski definition) is 8. The molecule has 11 fully saturated rings. The van der Waals surface area contributed by atoms with Crippen LogP contribution in [0.4, 0.5) is 0 Å². The first-order valence-electron chi connectivity index (χ1n) is 53.3. The van der Waals surface area contributed by atoms with Crippen LogP contribution in [0.5, 0.6) is 0 Å². The topological polar surface area (TPSA) is 235 Å². The van der Waals surface area contributed by atoms with Crippen LogP contribution in [0, 0.1) is 87.8 Å². The third-order valence-electron chi connectivity index (χ3n) is 41.4. The average Bonchev–Trinajstić information content (AvgIpc) is 1.47. The number of nitrogens with zero attached hydrogens (tertiary/aromatic N) is 4. The van der Waals surface area contributed by atoms with Gasteiger partial charge in [-0.25, -0.2) is 0 Å². The highest BCUT2D eigenvalue weighted by Gasteiger charge is 2.74. The van der Waals surface area contributed by atoms with Gasteiger partial charge in [-0.05, 0) is 402 Å². The molecule has 7 aromatic rings. The SMILES string of the molecule is CNC[C@@H]1C=CC2=CC3=CC[C@]4(C)[C@@H](c5ccc6ccncc6c5)CC[C@H]4[C@@]34CC[C@]2(C1)O4.CNC[C@@H]1CC=C2C=C3CC[C@]4(C)[C@@H](C(C)/C=C/c5ccncc5C)CC[C@H]4[C@@]34CC[C@]2(C1)O4.CNC[C@H]1C[C@@]23CC[C@@]4(O2)C(=CC[C@]2(C)[C@@H](c5ccc6ccncc6c5)C(=O)C[C@H]24)C=C3[C@@H](O)[C@@H]1O.CNC[C@H]1C[C@@]23CC[C@@]4(O2)C(=CC[C@]2(C)[C@@H](c5ccc6ccncc6c5)CC[C@H]24)C=C3[C@@H](O)[C@@H]1O. The number of aromatic nitrogens is 4. The Morgan fingerprint density at radius 1 is 0.449 bits per heavy atom. The lowest BCUT2D eigenvalue weighted by molar-refractivity contribution is -0.164. The maximum atomic E-state index is 13.8. The number of Topliss-reactive ketones (excluding diaryl/α,β-unsaturated/α-hetero) is 1. The molecule has 1 unspecified atom stereocenters. The minimum absolute atomic E-state index is 0.00570. The van der Waals surface area contributed by atoms with Crippen molar-refractivity contribution >= 4 is 44.2 Å². The Bertz CT molecular complexity index is 6380. The predicted molar refractivity (Wildman–Crippen MR) is 545 cm³/mol. The molecule has 8 aliphatic heterocycles. The molecule has 29 atom stereocenters. The molecule has 27 rings (SSSR count). The van der Waals surface area contributed by atoms with Gasteiger partial charge in [-0.2, -0.15) is 0 Å². The number of rotatable bonds is 14. The van der Waals surface area contributed by atoms with E-state index in [0.717, 1.165) is 116 Å². The maximum absolute atomic E-state index is 13.8. The number of ether oxygens (including phenoxy) is 4. The van der Waals surface area contributed by atoms with Gasteiger partial charge in [0, 0.05) is 115 Å². The van der Waals surface area contributed by atoms with Crippen molar-refractivity contribution in [2.45, 2.75) is 289 Å². The summed E-state index contributed by atoms with van der Waals surface area (Å²) in [6.07, 6.45) is 67.6. The molecule has 0 radical (unpaired) electrons. The normalized spacial score (nSPS) is 42.3. The summed E-state index contributed by atoms with van der Waals surface area (Å²) < 4.78 is 29.2. The van der Waals surface area contributed by atoms with Crippen LogP contribution < -0.4 is 21.3 Å². The Balaban J connectivity index is 0.000000100. The van der Waals surface area contributed by atoms with Crippen molar-refractivity contribution in [3.63, 3.8) is 0 Å². The van der Waals surface area contributed by atoms with Crippen molar-refractivity contribution in [3.05, 3.63) is 268 Å². The average molecular weight is 1860 g/mol. The minimum Gasteiger partial charge on any atom is -0.390 e. The summed E-state index contributed by atoms with van der Waals surface area (Å²) >= 11 is 0. The van der Waals surface area contributed by atoms with Crippen LogP contribution >= 0.6 is 0 Å². The van der Waals surface area contributed by atoms with Gasteiger partial charge in [0.05, 0.1) is 57.0 Å². The zero-order valence-electron chi connectivity index (χ0n) is 83.0. The van der Waals surface area contributed by atoms with Gasteiger partial charge in [0.1, 0.15) is 18.0 Å². The first-order chi connectivity index (χ1) is 66.7. The molecule has 138 heavy (non-hydrogen) atoms. The molecule has 8 N–H and O–H groups in total. The van der Waals surface area contributed by atoms with E-state index in [1.54, 1.807) is 11.8 Å². The summed E-state index contributed by atoms with van der Waals surface area (Å²) in [5.41, 5.74) is 15.2. The van der Waals surface area contributed by atoms with E-state index >= 15 is 0 Å². The Morgan fingerprint density at radius 3 is 1.49 bits per heavy atom. The third-order valence-corrected chi connectivity index (χ3v) is 41.4. The molecule has 4 saturated heterocycles. The van der Waals surface area contributed by atoms with E-state index in [4.69, 9.17) is 18.9 Å². The van der Waals surface area contributed by atoms with Crippen molar-refractivity contribution in [3.8, 4) is 0 Å². The zero-order chi connectivity index (χ0) is 94.7. The summed E-state index contributed by atoms with van der Waals surface area (Å²) in [4.78, 5) is 31.0. The van der Waals surface area contributed by atoms with Crippen molar-refractivity contribution in [2.75, 3.05) is 54.4 Å². The summed E-state index contributed by atoms with van der Waals surface area (Å²) in [7, 11) is 7.93. The molecular formula is C121H146N8O9. The highest BCUT2D eigenvalue weighted by molar-refractivity contribution is 5.92. The van der Waals surface area contributed by atoms with Crippen LogP contribution in [0.25, 0.3) is 38.4 Å². The fraction of sp³-hybridized carbons (Fsp3) is 0.562. The molecule has 17 nitrogen and oxygen atoms in total. The van der Waals surface area contributed by atoms with Crippen LogP contribution in [0.3, 0.4) is 0 Å². The molecule has 8 bridgehead atoms. The van der Waals surface area contributed by atoms with Crippen molar-refractivity contribution < 1.29 is 44.2 Å². The number of carbonyl (C=O) groups excluding carboxylic acids is 1. The molecule has 4 aromatic heterocycles. The van der Waals surface area contributed by atoms with E-state index in [2.05, 4.69) is 243 Å². The maximum Gasteiger partial charge on any atom is 0.141 e. The summed E-state index contributed by atoms with van der Waals surface area (Å²) in [5, 5.41) is 64.3. The molecule has 17 heteroatoms. The van der Waals surface area contributed by atoms with Crippen molar-refractivity contribution in [1.82, 2.24) is 41.2 Å². The van der Waals surface area contributed by atoms with Crippen LogP contribution in [-0.4, -0.2) is 170 Å². The highest BCUT2D eigenvalue weighted by Crippen LogP contribution is 2.75. The van der Waals surface area contributed by atoms with Crippen LogP contribution in [0.2, 0.25) is 0 Å². The van der Waals surface area contributed by atoms with E-state index in [-0.39, 0.29) is 67.9 Å². The molecule has 20 aliphatic rings. The van der Waals surface area contributed by atoms with Gasteiger partial charge in [-0.15, -0.1) is 0 Å². The second-order valence-electron chi connectivity index (χ2n) is 48.0. The van der Waals surface area contributed by atoms with Crippen molar-refractivity contribution in [1.29, 1.82) is 0 Å². The third kappa shape index (κ3) is 13.8. The molecule has 8 spiro atoms. The first kappa shape index (κ1) is 92.1. The largest absolute Gasteiger partial charge is 0.390 e. The number of aliphatic hydroxyl groups is 4. The van der Waals surface area contributed by atoms with Crippen LogP contribution in [0.1, 0.15) is 241 Å². The van der Waals surface area contributed by atoms with E-state index in [9.17, 15) is 25.2 Å². The number of hydrogen-bond acceptors (Lipinski definition) is 17. The smallest absolute Gasteiger partial charge is 0.141 e. The molecule has 724 valence electrons. The fourth-order valence-corrected chi connectivity index (χ4v) is 34.9. The molecule has 12 heterocycles. The van der Waals surface area contributed by atoms with Gasteiger partial charge in [0.25, 0.3) is 0 Å². The van der Waals surface area contributed by atoms with E-state index < -0.39 is 41.2 Å². The quantitative estimate of drug-likeness (QED) is 0.0505. The lowest BCUT2D eigenvalue weighted by atomic mass is 9.55.